The van der Waals surface area contributed by atoms with Gasteiger partial charge in [0.2, 0.25) is 5.91 Å². The molecule has 1 aliphatic rings. The molecule has 0 fully saturated rings. The number of thiophene rings is 1. The maximum Gasteiger partial charge on any atom is 0.339 e. The normalized spacial score (nSPS) is 13.2. The van der Waals surface area contributed by atoms with Gasteiger partial charge in [0, 0.05) is 46.0 Å². The summed E-state index contributed by atoms with van der Waals surface area (Å²) in [5.74, 6) is -0.582. The van der Waals surface area contributed by atoms with Gasteiger partial charge in [0.05, 0.1) is 5.56 Å². The van der Waals surface area contributed by atoms with Crippen LogP contribution in [0.25, 0.3) is 11.0 Å². The first-order valence-electron chi connectivity index (χ1n) is 9.12. The van der Waals surface area contributed by atoms with Crippen molar-refractivity contribution in [3.8, 4) is 0 Å². The second-order valence-corrected chi connectivity index (χ2v) is 7.78. The summed E-state index contributed by atoms with van der Waals surface area (Å²) in [4.78, 5) is 37.0. The molecular formula is C21H19NO5S. The Morgan fingerprint density at radius 1 is 1.21 bits per heavy atom. The van der Waals surface area contributed by atoms with E-state index in [1.54, 1.807) is 29.5 Å². The van der Waals surface area contributed by atoms with Crippen LogP contribution in [0.15, 0.2) is 38.9 Å². The first-order chi connectivity index (χ1) is 13.5. The topological polar surface area (TPSA) is 85.6 Å². The highest BCUT2D eigenvalue weighted by Crippen LogP contribution is 2.31. The van der Waals surface area contributed by atoms with Crippen molar-refractivity contribution < 1.29 is 18.7 Å². The zero-order chi connectivity index (χ0) is 19.7. The number of rotatable bonds is 4. The van der Waals surface area contributed by atoms with E-state index in [0.717, 1.165) is 31.2 Å². The molecule has 0 spiro atoms. The summed E-state index contributed by atoms with van der Waals surface area (Å²) in [5.41, 5.74) is 2.64. The zero-order valence-corrected chi connectivity index (χ0v) is 16.2. The molecule has 6 nitrogen and oxygen atoms in total. The lowest BCUT2D eigenvalue weighted by atomic mass is 9.96. The molecule has 1 amide bonds. The Morgan fingerprint density at radius 3 is 2.86 bits per heavy atom. The molecule has 0 saturated carbocycles. The second kappa shape index (κ2) is 7.59. The van der Waals surface area contributed by atoms with Gasteiger partial charge in [-0.2, -0.15) is 0 Å². The second-order valence-electron chi connectivity index (χ2n) is 6.82. The fourth-order valence-corrected chi connectivity index (χ4v) is 4.63. The average molecular weight is 397 g/mol. The number of hydrogen-bond acceptors (Lipinski definition) is 6. The van der Waals surface area contributed by atoms with Crippen LogP contribution in [0.1, 0.15) is 46.1 Å². The van der Waals surface area contributed by atoms with E-state index in [1.807, 2.05) is 5.38 Å². The number of nitrogens with one attached hydrogen (secondary N) is 1. The number of hydrogen-bond donors (Lipinski definition) is 1. The molecule has 0 atom stereocenters. The third-order valence-corrected chi connectivity index (χ3v) is 5.88. The molecule has 2 heterocycles. The molecule has 2 aromatic heterocycles. The molecule has 0 radical (unpaired) electrons. The van der Waals surface area contributed by atoms with Crippen LogP contribution in [0, 0.1) is 0 Å². The van der Waals surface area contributed by atoms with Crippen molar-refractivity contribution in [3.63, 3.8) is 0 Å². The van der Waals surface area contributed by atoms with Crippen LogP contribution in [0.2, 0.25) is 0 Å². The molecule has 0 saturated heterocycles. The molecule has 144 valence electrons. The minimum atomic E-state index is -0.536. The molecule has 1 aromatic carbocycles. The minimum Gasteiger partial charge on any atom is -0.457 e. The highest BCUT2D eigenvalue weighted by atomic mass is 32.1. The molecular weight excluding hydrogens is 378 g/mol. The Kier molecular flexibility index (Phi) is 5.00. The number of amides is 1. The number of carbonyl (C=O) groups is 2. The highest BCUT2D eigenvalue weighted by molar-refractivity contribution is 7.10. The van der Waals surface area contributed by atoms with Crippen LogP contribution >= 0.6 is 11.3 Å². The van der Waals surface area contributed by atoms with Crippen LogP contribution in [0.4, 0.5) is 5.69 Å². The van der Waals surface area contributed by atoms with Gasteiger partial charge < -0.3 is 14.5 Å². The molecule has 1 N–H and O–H groups in total. The Balaban J connectivity index is 1.57. The predicted octanol–water partition coefficient (Wildman–Crippen LogP) is 4.05. The Hall–Kier alpha value is -2.93. The summed E-state index contributed by atoms with van der Waals surface area (Å²) < 4.78 is 10.7. The van der Waals surface area contributed by atoms with Crippen molar-refractivity contribution in [2.24, 2.45) is 0 Å². The molecule has 0 aliphatic heterocycles. The minimum absolute atomic E-state index is 0.0228. The number of fused-ring (bicyclic) bond motifs is 2. The standard InChI is InChI=1S/C21H19NO5S/c1-12(23)22-14-6-7-15-13(8-20(24)27-18(15)9-14)10-26-21(25)17-11-28-19-5-3-2-4-16(17)19/h6-9,11H,2-5,10H2,1H3,(H,22,23). The summed E-state index contributed by atoms with van der Waals surface area (Å²) in [7, 11) is 0. The van der Waals surface area contributed by atoms with Crippen LogP contribution in [-0.2, 0) is 29.0 Å². The van der Waals surface area contributed by atoms with E-state index in [1.165, 1.54) is 17.9 Å². The Morgan fingerprint density at radius 2 is 2.04 bits per heavy atom. The van der Waals surface area contributed by atoms with Crippen molar-refractivity contribution in [2.75, 3.05) is 5.32 Å². The lowest BCUT2D eigenvalue weighted by Gasteiger charge is -2.13. The van der Waals surface area contributed by atoms with Crippen LogP contribution in [0.5, 0.6) is 0 Å². The summed E-state index contributed by atoms with van der Waals surface area (Å²) in [5, 5.41) is 5.18. The number of anilines is 1. The van der Waals surface area contributed by atoms with E-state index in [9.17, 15) is 14.4 Å². The maximum absolute atomic E-state index is 12.6. The van der Waals surface area contributed by atoms with Crippen molar-refractivity contribution in [1.29, 1.82) is 0 Å². The van der Waals surface area contributed by atoms with Gasteiger partial charge in [0.15, 0.2) is 0 Å². The largest absolute Gasteiger partial charge is 0.457 e. The van der Waals surface area contributed by atoms with Crippen LogP contribution in [0.3, 0.4) is 0 Å². The molecule has 0 unspecified atom stereocenters. The number of carbonyl (C=O) groups excluding carboxylic acids is 2. The average Bonchev–Trinajstić information content (AvgIpc) is 3.09. The molecule has 3 aromatic rings. The van der Waals surface area contributed by atoms with Crippen molar-refractivity contribution >= 4 is 39.9 Å². The molecule has 4 rings (SSSR count). The lowest BCUT2D eigenvalue weighted by Crippen LogP contribution is -2.11. The summed E-state index contributed by atoms with van der Waals surface area (Å²) in [6.07, 6.45) is 4.18. The maximum atomic E-state index is 12.6. The molecule has 1 aliphatic carbocycles. The monoisotopic (exact) mass is 397 g/mol. The van der Waals surface area contributed by atoms with Gasteiger partial charge in [-0.1, -0.05) is 0 Å². The number of esters is 1. The number of benzene rings is 1. The highest BCUT2D eigenvalue weighted by Gasteiger charge is 2.21. The van der Waals surface area contributed by atoms with Crippen molar-refractivity contribution in [3.05, 3.63) is 61.6 Å². The van der Waals surface area contributed by atoms with Crippen LogP contribution in [-0.4, -0.2) is 11.9 Å². The Labute approximate surface area is 165 Å². The summed E-state index contributed by atoms with van der Waals surface area (Å²) in [6.45, 7) is 1.38. The van der Waals surface area contributed by atoms with Gasteiger partial charge in [0.1, 0.15) is 12.2 Å². The van der Waals surface area contributed by atoms with Crippen molar-refractivity contribution in [2.45, 2.75) is 39.2 Å². The fourth-order valence-electron chi connectivity index (χ4n) is 3.52. The smallest absolute Gasteiger partial charge is 0.339 e. The van der Waals surface area contributed by atoms with E-state index in [0.29, 0.717) is 27.8 Å². The van der Waals surface area contributed by atoms with E-state index in [2.05, 4.69) is 5.32 Å². The molecule has 7 heteroatoms. The van der Waals surface area contributed by atoms with E-state index in [-0.39, 0.29) is 18.5 Å². The van der Waals surface area contributed by atoms with Crippen molar-refractivity contribution in [1.82, 2.24) is 0 Å². The quantitative estimate of drug-likeness (QED) is 0.530. The van der Waals surface area contributed by atoms with Gasteiger partial charge in [-0.25, -0.2) is 9.59 Å². The zero-order valence-electron chi connectivity index (χ0n) is 15.4. The van der Waals surface area contributed by atoms with Crippen LogP contribution < -0.4 is 10.9 Å². The summed E-state index contributed by atoms with van der Waals surface area (Å²) >= 11 is 1.61. The Bertz CT molecular complexity index is 1130. The van der Waals surface area contributed by atoms with Gasteiger partial charge in [0.25, 0.3) is 0 Å². The summed E-state index contributed by atoms with van der Waals surface area (Å²) in [6, 6.07) is 6.36. The lowest BCUT2D eigenvalue weighted by molar-refractivity contribution is -0.114. The third-order valence-electron chi connectivity index (χ3n) is 4.79. The van der Waals surface area contributed by atoms with Gasteiger partial charge in [-0.05, 0) is 43.4 Å². The van der Waals surface area contributed by atoms with Gasteiger partial charge >= 0.3 is 11.6 Å². The van der Waals surface area contributed by atoms with E-state index in [4.69, 9.17) is 9.15 Å². The molecule has 0 bridgehead atoms. The number of aryl methyl sites for hydroxylation is 1. The predicted molar refractivity (Wildman–Crippen MR) is 107 cm³/mol. The fraction of sp³-hybridized carbons (Fsp3) is 0.286. The first-order valence-corrected chi connectivity index (χ1v) is 10.00. The van der Waals surface area contributed by atoms with E-state index < -0.39 is 5.63 Å². The van der Waals surface area contributed by atoms with Gasteiger partial charge in [-0.3, -0.25) is 4.79 Å². The SMILES string of the molecule is CC(=O)Nc1ccc2c(COC(=O)c3csc4c3CCCC4)cc(=O)oc2c1. The van der Waals surface area contributed by atoms with E-state index >= 15 is 0 Å². The third kappa shape index (κ3) is 3.71. The first kappa shape index (κ1) is 18.4. The number of ether oxygens (including phenoxy) is 1. The van der Waals surface area contributed by atoms with Gasteiger partial charge in [-0.15, -0.1) is 11.3 Å². The molecule has 28 heavy (non-hydrogen) atoms.